The normalized spacial score (nSPS) is 19.8. The van der Waals surface area contributed by atoms with E-state index >= 15 is 0 Å². The Kier molecular flexibility index (Phi) is 5.30. The smallest absolute Gasteiger partial charge is 0.255 e. The van der Waals surface area contributed by atoms with Crippen LogP contribution in [0, 0.1) is 0 Å². The van der Waals surface area contributed by atoms with Gasteiger partial charge in [0.15, 0.2) is 0 Å². The summed E-state index contributed by atoms with van der Waals surface area (Å²) in [5.74, 6) is -0.898. The molecular formula is C17H21N3O5. The summed E-state index contributed by atoms with van der Waals surface area (Å²) in [6.45, 7) is 1.59. The number of piperidine rings is 1. The minimum atomic E-state index is -0.613. The summed E-state index contributed by atoms with van der Waals surface area (Å²) in [6.07, 6.45) is 0.589. The van der Waals surface area contributed by atoms with Crippen molar-refractivity contribution in [3.05, 3.63) is 29.3 Å². The molecule has 2 aliphatic heterocycles. The van der Waals surface area contributed by atoms with Crippen LogP contribution in [0.1, 0.15) is 28.8 Å². The molecule has 0 bridgehead atoms. The highest BCUT2D eigenvalue weighted by Crippen LogP contribution is 2.32. The van der Waals surface area contributed by atoms with Gasteiger partial charge in [-0.2, -0.15) is 0 Å². The molecule has 3 amide bonds. The van der Waals surface area contributed by atoms with Gasteiger partial charge in [-0.3, -0.25) is 19.7 Å². The molecule has 0 spiro atoms. The van der Waals surface area contributed by atoms with Crippen molar-refractivity contribution in [2.45, 2.75) is 25.4 Å². The molecule has 1 aromatic carbocycles. The molecule has 134 valence electrons. The topological polar surface area (TPSA) is 108 Å². The van der Waals surface area contributed by atoms with Crippen LogP contribution in [-0.4, -0.2) is 60.1 Å². The van der Waals surface area contributed by atoms with Gasteiger partial charge in [0.1, 0.15) is 6.04 Å². The number of benzene rings is 1. The van der Waals surface area contributed by atoms with E-state index in [1.165, 1.54) is 4.90 Å². The molecule has 25 heavy (non-hydrogen) atoms. The van der Waals surface area contributed by atoms with E-state index in [9.17, 15) is 14.4 Å². The fraction of sp³-hybridized carbons (Fsp3) is 0.471. The van der Waals surface area contributed by atoms with E-state index in [0.717, 1.165) is 11.3 Å². The van der Waals surface area contributed by atoms with Gasteiger partial charge >= 0.3 is 0 Å². The molecule has 1 atom stereocenters. The second-order valence-electron chi connectivity index (χ2n) is 5.99. The lowest BCUT2D eigenvalue weighted by Crippen LogP contribution is -2.52. The molecule has 1 fully saturated rings. The van der Waals surface area contributed by atoms with E-state index in [-0.39, 0.29) is 31.4 Å². The zero-order valence-electron chi connectivity index (χ0n) is 13.8. The second kappa shape index (κ2) is 7.62. The van der Waals surface area contributed by atoms with Gasteiger partial charge in [-0.25, -0.2) is 0 Å². The van der Waals surface area contributed by atoms with Gasteiger partial charge in [-0.05, 0) is 18.6 Å². The third-order valence-electron chi connectivity index (χ3n) is 4.38. The molecular weight excluding hydrogens is 326 g/mol. The van der Waals surface area contributed by atoms with E-state index < -0.39 is 11.9 Å². The molecule has 0 aliphatic carbocycles. The summed E-state index contributed by atoms with van der Waals surface area (Å²) in [6, 6.07) is 4.81. The number of aliphatic hydroxyl groups is 1. The van der Waals surface area contributed by atoms with Crippen LogP contribution < -0.4 is 10.6 Å². The van der Waals surface area contributed by atoms with Crippen molar-refractivity contribution >= 4 is 23.4 Å². The van der Waals surface area contributed by atoms with E-state index in [2.05, 4.69) is 10.6 Å². The van der Waals surface area contributed by atoms with E-state index in [4.69, 9.17) is 9.84 Å². The Morgan fingerprint density at radius 3 is 2.88 bits per heavy atom. The predicted octanol–water partition coefficient (Wildman–Crippen LogP) is -0.132. The van der Waals surface area contributed by atoms with E-state index in [1.807, 2.05) is 6.07 Å². The van der Waals surface area contributed by atoms with Gasteiger partial charge in [-0.15, -0.1) is 0 Å². The average Bonchev–Trinajstić information content (AvgIpc) is 2.92. The molecule has 8 nitrogen and oxygen atoms in total. The number of anilines is 1. The molecule has 3 N–H and O–H groups in total. The summed E-state index contributed by atoms with van der Waals surface area (Å²) in [5.41, 5.74) is 2.25. The number of amides is 3. The van der Waals surface area contributed by atoms with Gasteiger partial charge in [0.25, 0.3) is 5.91 Å². The predicted molar refractivity (Wildman–Crippen MR) is 88.9 cm³/mol. The highest BCUT2D eigenvalue weighted by molar-refractivity contribution is 6.06. The molecule has 1 unspecified atom stereocenters. The molecule has 1 saturated heterocycles. The second-order valence-corrected chi connectivity index (χ2v) is 5.99. The number of rotatable bonds is 7. The quantitative estimate of drug-likeness (QED) is 0.468. The first-order valence-electron chi connectivity index (χ1n) is 8.31. The van der Waals surface area contributed by atoms with E-state index in [0.29, 0.717) is 31.7 Å². The van der Waals surface area contributed by atoms with Crippen LogP contribution in [0.3, 0.4) is 0 Å². The minimum absolute atomic E-state index is 0.0177. The number of fused-ring (bicyclic) bond motifs is 1. The Morgan fingerprint density at radius 1 is 1.28 bits per heavy atom. The fourth-order valence-electron chi connectivity index (χ4n) is 3.18. The van der Waals surface area contributed by atoms with Crippen molar-refractivity contribution < 1.29 is 24.2 Å². The van der Waals surface area contributed by atoms with Crippen molar-refractivity contribution in [2.75, 3.05) is 31.7 Å². The van der Waals surface area contributed by atoms with Gasteiger partial charge in [-0.1, -0.05) is 6.07 Å². The maximum Gasteiger partial charge on any atom is 0.255 e. The third-order valence-corrected chi connectivity index (χ3v) is 4.38. The number of carbonyl (C=O) groups excluding carboxylic acids is 3. The average molecular weight is 347 g/mol. The zero-order valence-corrected chi connectivity index (χ0v) is 13.8. The number of nitrogens with one attached hydrogen (secondary N) is 2. The Labute approximate surface area is 145 Å². The monoisotopic (exact) mass is 347 g/mol. The molecule has 8 heteroatoms. The number of carbonyl (C=O) groups is 3. The van der Waals surface area contributed by atoms with Crippen LogP contribution in [0.5, 0.6) is 0 Å². The number of hydrogen-bond donors (Lipinski definition) is 3. The Hall–Kier alpha value is -2.45. The maximum atomic E-state index is 12.7. The molecule has 2 heterocycles. The SMILES string of the molecule is O=C1CCC(N2Cc3c(NCCOCCO)cccc3C2=O)C(=O)N1. The first-order valence-corrected chi connectivity index (χ1v) is 8.31. The summed E-state index contributed by atoms with van der Waals surface area (Å²) in [5, 5.41) is 14.2. The van der Waals surface area contributed by atoms with Crippen molar-refractivity contribution in [3.63, 3.8) is 0 Å². The standard InChI is InChI=1S/C17H21N3O5/c21-7-9-25-8-6-18-13-3-1-2-11-12(13)10-20(17(11)24)14-4-5-15(22)19-16(14)23/h1-3,14,18,21H,4-10H2,(H,19,22,23). The number of ether oxygens (including phenoxy) is 1. The van der Waals surface area contributed by atoms with Crippen LogP contribution in [0.15, 0.2) is 18.2 Å². The Morgan fingerprint density at radius 2 is 2.12 bits per heavy atom. The van der Waals surface area contributed by atoms with Crippen molar-refractivity contribution in [1.82, 2.24) is 10.2 Å². The number of nitrogens with zero attached hydrogens (tertiary/aromatic N) is 1. The van der Waals surface area contributed by atoms with Crippen molar-refractivity contribution in [1.29, 1.82) is 0 Å². The van der Waals surface area contributed by atoms with Gasteiger partial charge in [0.05, 0.1) is 19.8 Å². The van der Waals surface area contributed by atoms with Crippen LogP contribution in [0.4, 0.5) is 5.69 Å². The fourth-order valence-corrected chi connectivity index (χ4v) is 3.18. The highest BCUT2D eigenvalue weighted by atomic mass is 16.5. The number of aliphatic hydroxyl groups excluding tert-OH is 1. The van der Waals surface area contributed by atoms with Gasteiger partial charge < -0.3 is 20.1 Å². The lowest BCUT2D eigenvalue weighted by atomic mass is 10.0. The van der Waals surface area contributed by atoms with E-state index in [1.54, 1.807) is 12.1 Å². The van der Waals surface area contributed by atoms with Crippen LogP contribution >= 0.6 is 0 Å². The molecule has 1 aromatic rings. The molecule has 3 rings (SSSR count). The maximum absolute atomic E-state index is 12.7. The van der Waals surface area contributed by atoms with Gasteiger partial charge in [0.2, 0.25) is 11.8 Å². The summed E-state index contributed by atoms with van der Waals surface area (Å²) < 4.78 is 5.21. The summed E-state index contributed by atoms with van der Waals surface area (Å²) in [7, 11) is 0. The Balaban J connectivity index is 1.69. The largest absolute Gasteiger partial charge is 0.394 e. The molecule has 2 aliphatic rings. The third kappa shape index (κ3) is 3.64. The molecule has 0 radical (unpaired) electrons. The first-order chi connectivity index (χ1) is 12.1. The summed E-state index contributed by atoms with van der Waals surface area (Å²) in [4.78, 5) is 37.6. The first kappa shape index (κ1) is 17.4. The van der Waals surface area contributed by atoms with Crippen LogP contribution in [-0.2, 0) is 20.9 Å². The lowest BCUT2D eigenvalue weighted by Gasteiger charge is -2.29. The van der Waals surface area contributed by atoms with Crippen molar-refractivity contribution in [2.24, 2.45) is 0 Å². The number of hydrogen-bond acceptors (Lipinski definition) is 6. The van der Waals surface area contributed by atoms with Crippen molar-refractivity contribution in [3.8, 4) is 0 Å². The van der Waals surface area contributed by atoms with Crippen LogP contribution in [0.25, 0.3) is 0 Å². The number of imide groups is 1. The zero-order chi connectivity index (χ0) is 17.8. The van der Waals surface area contributed by atoms with Crippen LogP contribution in [0.2, 0.25) is 0 Å². The molecule has 0 aromatic heterocycles. The highest BCUT2D eigenvalue weighted by Gasteiger charge is 2.39. The lowest BCUT2D eigenvalue weighted by molar-refractivity contribution is -0.136. The molecule has 0 saturated carbocycles. The minimum Gasteiger partial charge on any atom is -0.394 e. The Bertz CT molecular complexity index is 691. The van der Waals surface area contributed by atoms with Gasteiger partial charge in [0, 0.05) is 36.3 Å². The summed E-state index contributed by atoms with van der Waals surface area (Å²) >= 11 is 0.